The molecule has 1 aliphatic carbocycles. The van der Waals surface area contributed by atoms with Crippen LogP contribution >= 0.6 is 0 Å². The molecule has 3 rings (SSSR count). The van der Waals surface area contributed by atoms with Gasteiger partial charge in [-0.1, -0.05) is 62.9 Å². The second-order valence-electron chi connectivity index (χ2n) is 7.70. The summed E-state index contributed by atoms with van der Waals surface area (Å²) in [5, 5.41) is 9.63. The number of likely N-dealkylation sites (tertiary alicyclic amines) is 1. The van der Waals surface area contributed by atoms with Gasteiger partial charge in [-0.2, -0.15) is 0 Å². The fourth-order valence-corrected chi connectivity index (χ4v) is 4.62. The molecule has 3 atom stereocenters. The molecular formula is C21H29NO3. The summed E-state index contributed by atoms with van der Waals surface area (Å²) in [4.78, 5) is 26.6. The van der Waals surface area contributed by atoms with E-state index < -0.39 is 11.9 Å². The molecule has 1 saturated carbocycles. The highest BCUT2D eigenvalue weighted by molar-refractivity contribution is 5.81. The predicted octanol–water partition coefficient (Wildman–Crippen LogP) is 3.92. The Morgan fingerprint density at radius 2 is 1.84 bits per heavy atom. The molecule has 1 N–H and O–H groups in total. The maximum Gasteiger partial charge on any atom is 0.308 e. The average Bonchev–Trinajstić information content (AvgIpc) is 3.29. The molecule has 1 unspecified atom stereocenters. The lowest BCUT2D eigenvalue weighted by atomic mass is 9.89. The Hall–Kier alpha value is -1.84. The third kappa shape index (κ3) is 4.05. The molecule has 0 aromatic heterocycles. The van der Waals surface area contributed by atoms with E-state index in [1.54, 1.807) is 0 Å². The van der Waals surface area contributed by atoms with Crippen LogP contribution in [0, 0.1) is 17.8 Å². The first kappa shape index (κ1) is 18.0. The molecule has 1 aromatic rings. The van der Waals surface area contributed by atoms with Crippen molar-refractivity contribution in [2.75, 3.05) is 13.1 Å². The van der Waals surface area contributed by atoms with E-state index in [1.807, 2.05) is 35.2 Å². The molecule has 1 amide bonds. The molecule has 2 aliphatic rings. The van der Waals surface area contributed by atoms with E-state index in [2.05, 4.69) is 6.92 Å². The highest BCUT2D eigenvalue weighted by atomic mass is 16.4. The first-order valence-corrected chi connectivity index (χ1v) is 9.66. The van der Waals surface area contributed by atoms with Gasteiger partial charge < -0.3 is 10.0 Å². The molecule has 1 saturated heterocycles. The van der Waals surface area contributed by atoms with Gasteiger partial charge in [-0.05, 0) is 24.3 Å². The fraction of sp³-hybridized carbons (Fsp3) is 0.619. The van der Waals surface area contributed by atoms with Gasteiger partial charge in [0, 0.05) is 24.9 Å². The van der Waals surface area contributed by atoms with Crippen LogP contribution in [-0.4, -0.2) is 35.0 Å². The second-order valence-corrected chi connectivity index (χ2v) is 7.70. The second kappa shape index (κ2) is 8.03. The van der Waals surface area contributed by atoms with Crippen LogP contribution in [0.4, 0.5) is 0 Å². The summed E-state index contributed by atoms with van der Waals surface area (Å²) < 4.78 is 0. The van der Waals surface area contributed by atoms with Crippen molar-refractivity contribution >= 4 is 11.9 Å². The normalized spacial score (nSPS) is 25.2. The molecule has 1 heterocycles. The Balaban J connectivity index is 1.71. The van der Waals surface area contributed by atoms with Gasteiger partial charge in [0.15, 0.2) is 0 Å². The maximum atomic E-state index is 13.0. The zero-order valence-corrected chi connectivity index (χ0v) is 15.1. The van der Waals surface area contributed by atoms with Crippen molar-refractivity contribution in [2.24, 2.45) is 17.8 Å². The van der Waals surface area contributed by atoms with Crippen molar-refractivity contribution in [3.05, 3.63) is 35.9 Å². The van der Waals surface area contributed by atoms with E-state index in [0.29, 0.717) is 19.0 Å². The highest BCUT2D eigenvalue weighted by Gasteiger charge is 2.41. The van der Waals surface area contributed by atoms with E-state index in [-0.39, 0.29) is 17.7 Å². The Labute approximate surface area is 150 Å². The molecule has 136 valence electrons. The van der Waals surface area contributed by atoms with Crippen molar-refractivity contribution < 1.29 is 14.7 Å². The minimum Gasteiger partial charge on any atom is -0.481 e. The number of rotatable bonds is 6. The highest BCUT2D eigenvalue weighted by Crippen LogP contribution is 2.36. The van der Waals surface area contributed by atoms with Crippen LogP contribution in [0.2, 0.25) is 0 Å². The fourth-order valence-electron chi connectivity index (χ4n) is 4.62. The van der Waals surface area contributed by atoms with Crippen LogP contribution in [0.15, 0.2) is 30.3 Å². The Kier molecular flexibility index (Phi) is 5.77. The van der Waals surface area contributed by atoms with Crippen LogP contribution in [0.25, 0.3) is 0 Å². The number of hydrogen-bond donors (Lipinski definition) is 1. The molecule has 1 aliphatic heterocycles. The van der Waals surface area contributed by atoms with E-state index in [4.69, 9.17) is 0 Å². The molecule has 1 aromatic carbocycles. The third-order valence-corrected chi connectivity index (χ3v) is 6.11. The predicted molar refractivity (Wildman–Crippen MR) is 97.2 cm³/mol. The molecule has 4 nitrogen and oxygen atoms in total. The number of hydrogen-bond acceptors (Lipinski definition) is 2. The largest absolute Gasteiger partial charge is 0.481 e. The summed E-state index contributed by atoms with van der Waals surface area (Å²) in [5.41, 5.74) is 1.02. The standard InChI is InChI=1S/C21H29NO3/c1-2-16(12-15-8-6-7-9-15)20(23)22-13-18(19(14-22)21(24)25)17-10-4-3-5-11-17/h3-5,10-11,15-16,18-19H,2,6-9,12-14H2,1H3,(H,24,25)/t16?,18-,19-/m0/s1. The number of amides is 1. The maximum absolute atomic E-state index is 13.0. The van der Waals surface area contributed by atoms with Crippen molar-refractivity contribution in [3.63, 3.8) is 0 Å². The van der Waals surface area contributed by atoms with Crippen molar-refractivity contribution in [1.82, 2.24) is 4.90 Å². The minimum atomic E-state index is -0.798. The van der Waals surface area contributed by atoms with E-state index in [1.165, 1.54) is 25.7 Å². The van der Waals surface area contributed by atoms with Crippen LogP contribution in [0.1, 0.15) is 56.9 Å². The van der Waals surface area contributed by atoms with Crippen LogP contribution in [-0.2, 0) is 9.59 Å². The number of aliphatic carboxylic acids is 1. The Morgan fingerprint density at radius 3 is 2.44 bits per heavy atom. The molecule has 0 bridgehead atoms. The first-order chi connectivity index (χ1) is 12.1. The van der Waals surface area contributed by atoms with E-state index >= 15 is 0 Å². The first-order valence-electron chi connectivity index (χ1n) is 9.66. The lowest BCUT2D eigenvalue weighted by molar-refractivity contribution is -0.142. The third-order valence-electron chi connectivity index (χ3n) is 6.11. The van der Waals surface area contributed by atoms with Crippen LogP contribution in [0.3, 0.4) is 0 Å². The molecule has 2 fully saturated rings. The molecule has 0 spiro atoms. The summed E-state index contributed by atoms with van der Waals surface area (Å²) >= 11 is 0. The Morgan fingerprint density at radius 1 is 1.16 bits per heavy atom. The summed E-state index contributed by atoms with van der Waals surface area (Å²) in [6.07, 6.45) is 6.88. The van der Waals surface area contributed by atoms with Gasteiger partial charge in [0.1, 0.15) is 0 Å². The van der Waals surface area contributed by atoms with Crippen molar-refractivity contribution in [2.45, 2.75) is 51.4 Å². The van der Waals surface area contributed by atoms with E-state index in [0.717, 1.165) is 18.4 Å². The number of benzene rings is 1. The summed E-state index contributed by atoms with van der Waals surface area (Å²) in [5.74, 6) is -0.516. The number of carboxylic acid groups (broad SMARTS) is 1. The van der Waals surface area contributed by atoms with Gasteiger partial charge in [0.25, 0.3) is 0 Å². The van der Waals surface area contributed by atoms with Gasteiger partial charge in [-0.3, -0.25) is 9.59 Å². The zero-order valence-electron chi connectivity index (χ0n) is 15.1. The van der Waals surface area contributed by atoms with E-state index in [9.17, 15) is 14.7 Å². The van der Waals surface area contributed by atoms with Gasteiger partial charge >= 0.3 is 5.97 Å². The van der Waals surface area contributed by atoms with Gasteiger partial charge in [-0.15, -0.1) is 0 Å². The van der Waals surface area contributed by atoms with Gasteiger partial charge in [0.05, 0.1) is 5.92 Å². The zero-order chi connectivity index (χ0) is 17.8. The number of carbonyl (C=O) groups is 2. The molecular weight excluding hydrogens is 314 g/mol. The summed E-state index contributed by atoms with van der Waals surface area (Å²) in [6.45, 7) is 2.95. The lowest BCUT2D eigenvalue weighted by Gasteiger charge is -2.24. The number of nitrogens with zero attached hydrogens (tertiary/aromatic N) is 1. The smallest absolute Gasteiger partial charge is 0.308 e. The lowest BCUT2D eigenvalue weighted by Crippen LogP contribution is -2.35. The molecule has 4 heteroatoms. The van der Waals surface area contributed by atoms with Crippen molar-refractivity contribution in [1.29, 1.82) is 0 Å². The SMILES string of the molecule is CCC(CC1CCCC1)C(=O)N1C[C@H](C(=O)O)[C@H](c2ccccc2)C1. The number of carbonyl (C=O) groups excluding carboxylic acids is 1. The van der Waals surface area contributed by atoms with Gasteiger partial charge in [-0.25, -0.2) is 0 Å². The molecule has 25 heavy (non-hydrogen) atoms. The van der Waals surface area contributed by atoms with Crippen LogP contribution < -0.4 is 0 Å². The molecule has 0 radical (unpaired) electrons. The van der Waals surface area contributed by atoms with Gasteiger partial charge in [0.2, 0.25) is 5.91 Å². The Bertz CT molecular complexity index is 594. The monoisotopic (exact) mass is 343 g/mol. The topological polar surface area (TPSA) is 57.6 Å². The quantitative estimate of drug-likeness (QED) is 0.852. The summed E-state index contributed by atoms with van der Waals surface area (Å²) in [6, 6.07) is 9.77. The number of carboxylic acids is 1. The van der Waals surface area contributed by atoms with Crippen LogP contribution in [0.5, 0.6) is 0 Å². The van der Waals surface area contributed by atoms with Crippen molar-refractivity contribution in [3.8, 4) is 0 Å². The average molecular weight is 343 g/mol. The summed E-state index contributed by atoms with van der Waals surface area (Å²) in [7, 11) is 0. The minimum absolute atomic E-state index is 0.0482.